The summed E-state index contributed by atoms with van der Waals surface area (Å²) in [6.07, 6.45) is -3.58. The highest BCUT2D eigenvalue weighted by Crippen LogP contribution is 2.33. The highest BCUT2D eigenvalue weighted by atomic mass is 19.4. The minimum atomic E-state index is -4.64. The van der Waals surface area contributed by atoms with Crippen LogP contribution in [0.5, 0.6) is 11.8 Å². The van der Waals surface area contributed by atoms with E-state index in [9.17, 15) is 28.4 Å². The third-order valence-electron chi connectivity index (χ3n) is 4.81. The van der Waals surface area contributed by atoms with Gasteiger partial charge in [0.1, 0.15) is 0 Å². The second kappa shape index (κ2) is 11.2. The molecule has 0 saturated carbocycles. The number of phenols is 1. The van der Waals surface area contributed by atoms with Gasteiger partial charge >= 0.3 is 17.9 Å². The second-order valence-corrected chi connectivity index (χ2v) is 7.49. The van der Waals surface area contributed by atoms with Gasteiger partial charge in [0.05, 0.1) is 11.1 Å². The van der Waals surface area contributed by atoms with Crippen LogP contribution in [0.25, 0.3) is 0 Å². The number of nitro benzene ring substituents is 1. The molecule has 0 spiro atoms. The zero-order chi connectivity index (χ0) is 27.1. The summed E-state index contributed by atoms with van der Waals surface area (Å²) in [5, 5.41) is 25.0. The first-order valence-electron chi connectivity index (χ1n) is 10.8. The summed E-state index contributed by atoms with van der Waals surface area (Å²) < 4.78 is 43.3. The van der Waals surface area contributed by atoms with E-state index in [2.05, 4.69) is 25.5 Å². The van der Waals surface area contributed by atoms with Crippen LogP contribution in [0.3, 0.4) is 0 Å². The zero-order valence-electron chi connectivity index (χ0n) is 19.3. The summed E-state index contributed by atoms with van der Waals surface area (Å²) in [6, 6.07) is 20.9. The summed E-state index contributed by atoms with van der Waals surface area (Å²) in [6.45, 7) is -1.64. The van der Waals surface area contributed by atoms with Crippen molar-refractivity contribution in [3.05, 3.63) is 94.5 Å². The summed E-state index contributed by atoms with van der Waals surface area (Å²) in [5.74, 6) is -0.983. The minimum Gasteiger partial charge on any atom is -0.502 e. The lowest BCUT2D eigenvalue weighted by atomic mass is 10.2. The number of halogens is 3. The van der Waals surface area contributed by atoms with Crippen LogP contribution in [0, 0.1) is 10.1 Å². The Labute approximate surface area is 213 Å². The quantitative estimate of drug-likeness (QED) is 0.168. The lowest BCUT2D eigenvalue weighted by Gasteiger charge is -2.23. The number of hydrogen-bond donors (Lipinski definition) is 2. The molecule has 14 heteroatoms. The van der Waals surface area contributed by atoms with Crippen molar-refractivity contribution < 1.29 is 27.9 Å². The molecule has 38 heavy (non-hydrogen) atoms. The first kappa shape index (κ1) is 25.8. The summed E-state index contributed by atoms with van der Waals surface area (Å²) >= 11 is 0. The fraction of sp³-hybridized carbons (Fsp3) is 0.0833. The molecule has 0 unspecified atom stereocenters. The molecule has 0 aliphatic heterocycles. The molecule has 3 aromatic carbocycles. The van der Waals surface area contributed by atoms with Gasteiger partial charge in [0, 0.05) is 23.0 Å². The van der Waals surface area contributed by atoms with Gasteiger partial charge in [0.25, 0.3) is 5.95 Å². The number of aromatic hydroxyl groups is 1. The molecular formula is C24H18F3N7O4. The third-order valence-corrected chi connectivity index (χ3v) is 4.81. The molecule has 0 aliphatic carbocycles. The van der Waals surface area contributed by atoms with Gasteiger partial charge in [-0.25, -0.2) is 5.43 Å². The lowest BCUT2D eigenvalue weighted by molar-refractivity contribution is -0.385. The Hall–Kier alpha value is -5.27. The number of rotatable bonds is 9. The van der Waals surface area contributed by atoms with E-state index in [4.69, 9.17) is 4.74 Å². The molecular weight excluding hydrogens is 507 g/mol. The molecule has 0 saturated heterocycles. The maximum absolute atomic E-state index is 12.8. The van der Waals surface area contributed by atoms with Crippen LogP contribution in [-0.2, 0) is 0 Å². The zero-order valence-corrected chi connectivity index (χ0v) is 19.3. The molecule has 0 amide bonds. The van der Waals surface area contributed by atoms with Gasteiger partial charge in [-0.15, -0.1) is 0 Å². The third kappa shape index (κ3) is 6.48. The average Bonchev–Trinajstić information content (AvgIpc) is 2.89. The van der Waals surface area contributed by atoms with Crippen molar-refractivity contribution >= 4 is 35.2 Å². The first-order chi connectivity index (χ1) is 18.2. The fourth-order valence-corrected chi connectivity index (χ4v) is 3.20. The Bertz CT molecular complexity index is 1400. The SMILES string of the molecule is O=[N+]([O-])c1cccc(/C=N/Nc2nc(OCC(F)(F)F)nc(N(c3ccccc3)c3ccccc3)n2)c1O. The molecule has 0 aliphatic rings. The Morgan fingerprint density at radius 3 is 2.18 bits per heavy atom. The molecule has 4 aromatic rings. The van der Waals surface area contributed by atoms with E-state index in [1.807, 2.05) is 0 Å². The number of alkyl halides is 3. The maximum atomic E-state index is 12.8. The normalized spacial score (nSPS) is 11.3. The number of benzene rings is 3. The van der Waals surface area contributed by atoms with E-state index in [-0.39, 0.29) is 17.5 Å². The van der Waals surface area contributed by atoms with Crippen LogP contribution in [0.15, 0.2) is 84.0 Å². The molecule has 0 radical (unpaired) electrons. The summed E-state index contributed by atoms with van der Waals surface area (Å²) in [4.78, 5) is 24.0. The molecule has 2 N–H and O–H groups in total. The van der Waals surface area contributed by atoms with E-state index >= 15 is 0 Å². The smallest absolute Gasteiger partial charge is 0.422 e. The molecule has 194 valence electrons. The number of anilines is 4. The van der Waals surface area contributed by atoms with Gasteiger partial charge in [-0.1, -0.05) is 42.5 Å². The molecule has 1 aromatic heterocycles. The van der Waals surface area contributed by atoms with Gasteiger partial charge in [0.15, 0.2) is 6.61 Å². The number of hydrazone groups is 1. The number of aromatic nitrogens is 3. The predicted molar refractivity (Wildman–Crippen MR) is 132 cm³/mol. The number of ether oxygens (including phenoxy) is 1. The summed E-state index contributed by atoms with van der Waals surface area (Å²) in [5.41, 5.74) is 3.12. The fourth-order valence-electron chi connectivity index (χ4n) is 3.20. The van der Waals surface area contributed by atoms with Crippen molar-refractivity contribution in [1.82, 2.24) is 15.0 Å². The van der Waals surface area contributed by atoms with Crippen LogP contribution >= 0.6 is 0 Å². The number of para-hydroxylation sites is 3. The molecule has 0 bridgehead atoms. The van der Waals surface area contributed by atoms with Gasteiger partial charge in [0.2, 0.25) is 11.7 Å². The highest BCUT2D eigenvalue weighted by molar-refractivity contribution is 5.86. The van der Waals surface area contributed by atoms with Crippen LogP contribution < -0.4 is 15.1 Å². The van der Waals surface area contributed by atoms with Gasteiger partial charge in [-0.2, -0.15) is 33.2 Å². The van der Waals surface area contributed by atoms with Crippen molar-refractivity contribution in [1.29, 1.82) is 0 Å². The average molecular weight is 525 g/mol. The minimum absolute atomic E-state index is 0.00437. The maximum Gasteiger partial charge on any atom is 0.422 e. The molecule has 0 atom stereocenters. The lowest BCUT2D eigenvalue weighted by Crippen LogP contribution is -2.21. The van der Waals surface area contributed by atoms with E-state index in [1.54, 1.807) is 65.6 Å². The topological polar surface area (TPSA) is 139 Å². The van der Waals surface area contributed by atoms with Crippen LogP contribution in [0.1, 0.15) is 5.56 Å². The first-order valence-corrected chi connectivity index (χ1v) is 10.8. The predicted octanol–water partition coefficient (Wildman–Crippen LogP) is 5.34. The Kier molecular flexibility index (Phi) is 7.61. The van der Waals surface area contributed by atoms with Crippen LogP contribution in [0.4, 0.5) is 42.1 Å². The van der Waals surface area contributed by atoms with E-state index in [0.717, 1.165) is 12.3 Å². The number of phenolic OH excluding ortho intramolecular Hbond substituents is 1. The molecule has 4 rings (SSSR count). The van der Waals surface area contributed by atoms with Crippen LogP contribution in [0.2, 0.25) is 0 Å². The molecule has 11 nitrogen and oxygen atoms in total. The summed E-state index contributed by atoms with van der Waals surface area (Å²) in [7, 11) is 0. The largest absolute Gasteiger partial charge is 0.502 e. The standard InChI is InChI=1S/C24H18F3N7O4/c25-24(26,27)15-38-23-30-21(32-28-14-16-8-7-13-19(20(16)35)34(36)37)29-22(31-23)33(17-9-3-1-4-10-17)18-11-5-2-6-12-18/h1-14,35H,15H2,(H,29,30,31,32)/b28-14+. The molecule has 0 fully saturated rings. The number of nitrogens with zero attached hydrogens (tertiary/aromatic N) is 6. The van der Waals surface area contributed by atoms with Gasteiger partial charge in [-0.3, -0.25) is 15.0 Å². The number of nitro groups is 1. The van der Waals surface area contributed by atoms with Gasteiger partial charge < -0.3 is 9.84 Å². The monoisotopic (exact) mass is 525 g/mol. The van der Waals surface area contributed by atoms with E-state index < -0.39 is 35.2 Å². The number of nitrogens with one attached hydrogen (secondary N) is 1. The van der Waals surface area contributed by atoms with E-state index in [0.29, 0.717) is 11.4 Å². The van der Waals surface area contributed by atoms with Crippen molar-refractivity contribution in [3.8, 4) is 11.8 Å². The van der Waals surface area contributed by atoms with E-state index in [1.165, 1.54) is 12.1 Å². The number of hydrogen-bond acceptors (Lipinski definition) is 10. The molecule has 1 heterocycles. The Morgan fingerprint density at radius 1 is 0.974 bits per heavy atom. The van der Waals surface area contributed by atoms with Crippen molar-refractivity contribution in [2.24, 2.45) is 5.10 Å². The Balaban J connectivity index is 1.72. The van der Waals surface area contributed by atoms with Gasteiger partial charge in [-0.05, 0) is 30.3 Å². The Morgan fingerprint density at radius 2 is 1.61 bits per heavy atom. The highest BCUT2D eigenvalue weighted by Gasteiger charge is 2.29. The van der Waals surface area contributed by atoms with Crippen LogP contribution in [-0.4, -0.2) is 44.0 Å². The second-order valence-electron chi connectivity index (χ2n) is 7.49. The van der Waals surface area contributed by atoms with Crippen molar-refractivity contribution in [3.63, 3.8) is 0 Å². The van der Waals surface area contributed by atoms with Crippen molar-refractivity contribution in [2.45, 2.75) is 6.18 Å². The van der Waals surface area contributed by atoms with Crippen molar-refractivity contribution in [2.75, 3.05) is 16.9 Å².